The zero-order valence-electron chi connectivity index (χ0n) is 9.73. The Morgan fingerprint density at radius 1 is 1.47 bits per heavy atom. The molecule has 0 saturated carbocycles. The third kappa shape index (κ3) is 3.20. The molecule has 17 heavy (non-hydrogen) atoms. The zero-order chi connectivity index (χ0) is 12.3. The molecule has 0 spiro atoms. The molecule has 1 heterocycles. The van der Waals surface area contributed by atoms with E-state index in [4.69, 9.17) is 17.3 Å². The lowest BCUT2D eigenvalue weighted by Crippen LogP contribution is -2.31. The van der Waals surface area contributed by atoms with Gasteiger partial charge in [-0.2, -0.15) is 0 Å². The van der Waals surface area contributed by atoms with Crippen molar-refractivity contribution in [2.45, 2.75) is 25.3 Å². The van der Waals surface area contributed by atoms with Crippen LogP contribution in [-0.4, -0.2) is 29.9 Å². The third-order valence-corrected chi connectivity index (χ3v) is 3.51. The van der Waals surface area contributed by atoms with Crippen molar-refractivity contribution in [1.82, 2.24) is 4.90 Å². The van der Waals surface area contributed by atoms with Crippen molar-refractivity contribution in [3.63, 3.8) is 0 Å². The Morgan fingerprint density at radius 2 is 2.24 bits per heavy atom. The molecular formula is C13H17ClN2O. The largest absolute Gasteiger partial charge is 0.341 e. The molecule has 1 aromatic rings. The molecule has 1 aromatic carbocycles. The van der Waals surface area contributed by atoms with Gasteiger partial charge in [0, 0.05) is 30.6 Å². The summed E-state index contributed by atoms with van der Waals surface area (Å²) < 4.78 is 0. The van der Waals surface area contributed by atoms with Crippen LogP contribution in [0.1, 0.15) is 18.4 Å². The second-order valence-corrected chi connectivity index (χ2v) is 4.89. The zero-order valence-corrected chi connectivity index (χ0v) is 10.5. The third-order valence-electron chi connectivity index (χ3n) is 3.14. The molecule has 0 radical (unpaired) electrons. The summed E-state index contributed by atoms with van der Waals surface area (Å²) in [5, 5.41) is 0.735. The molecule has 1 amide bonds. The monoisotopic (exact) mass is 252 g/mol. The fourth-order valence-corrected chi connectivity index (χ4v) is 2.34. The first kappa shape index (κ1) is 12.4. The van der Waals surface area contributed by atoms with E-state index in [-0.39, 0.29) is 11.9 Å². The summed E-state index contributed by atoms with van der Waals surface area (Å²) in [7, 11) is 0. The van der Waals surface area contributed by atoms with Gasteiger partial charge in [0.25, 0.3) is 0 Å². The van der Waals surface area contributed by atoms with Gasteiger partial charge >= 0.3 is 0 Å². The van der Waals surface area contributed by atoms with Crippen molar-refractivity contribution in [3.8, 4) is 0 Å². The summed E-state index contributed by atoms with van der Waals surface area (Å²) in [4.78, 5) is 13.8. The van der Waals surface area contributed by atoms with Crippen molar-refractivity contribution in [2.24, 2.45) is 5.73 Å². The quantitative estimate of drug-likeness (QED) is 0.892. The Morgan fingerprint density at radius 3 is 2.88 bits per heavy atom. The smallest absolute Gasteiger partial charge is 0.222 e. The minimum absolute atomic E-state index is 0.152. The van der Waals surface area contributed by atoms with Gasteiger partial charge in [-0.25, -0.2) is 0 Å². The van der Waals surface area contributed by atoms with E-state index in [9.17, 15) is 4.79 Å². The predicted molar refractivity (Wildman–Crippen MR) is 68.9 cm³/mol. The van der Waals surface area contributed by atoms with Crippen LogP contribution in [0, 0.1) is 0 Å². The van der Waals surface area contributed by atoms with Crippen LogP contribution in [0.2, 0.25) is 5.02 Å². The number of carbonyl (C=O) groups excluding carboxylic acids is 1. The highest BCUT2D eigenvalue weighted by atomic mass is 35.5. The van der Waals surface area contributed by atoms with Gasteiger partial charge < -0.3 is 10.6 Å². The number of hydrogen-bond donors (Lipinski definition) is 1. The number of benzene rings is 1. The number of nitrogens with two attached hydrogens (primary N) is 1. The van der Waals surface area contributed by atoms with Crippen LogP contribution in [0.25, 0.3) is 0 Å². The molecule has 1 aliphatic heterocycles. The van der Waals surface area contributed by atoms with Gasteiger partial charge in [0.05, 0.1) is 0 Å². The number of likely N-dealkylation sites (tertiary alicyclic amines) is 1. The van der Waals surface area contributed by atoms with Crippen LogP contribution in [0.3, 0.4) is 0 Å². The van der Waals surface area contributed by atoms with E-state index < -0.39 is 0 Å². The summed E-state index contributed by atoms with van der Waals surface area (Å²) >= 11 is 6.05. The van der Waals surface area contributed by atoms with E-state index in [2.05, 4.69) is 0 Å². The Bertz CT molecular complexity index is 408. The molecule has 1 saturated heterocycles. The summed E-state index contributed by atoms with van der Waals surface area (Å²) in [6, 6.07) is 7.81. The Kier molecular flexibility index (Phi) is 4.02. The van der Waals surface area contributed by atoms with Crippen molar-refractivity contribution >= 4 is 17.5 Å². The fraction of sp³-hybridized carbons (Fsp3) is 0.462. The number of aryl methyl sites for hydroxylation is 1. The number of carbonyl (C=O) groups is 1. The van der Waals surface area contributed by atoms with Crippen LogP contribution in [0.5, 0.6) is 0 Å². The van der Waals surface area contributed by atoms with Crippen molar-refractivity contribution in [1.29, 1.82) is 0 Å². The summed E-state index contributed by atoms with van der Waals surface area (Å²) in [6.07, 6.45) is 2.12. The van der Waals surface area contributed by atoms with Gasteiger partial charge in [-0.15, -0.1) is 0 Å². The van der Waals surface area contributed by atoms with Gasteiger partial charge in [0.1, 0.15) is 0 Å². The van der Waals surface area contributed by atoms with Crippen LogP contribution >= 0.6 is 11.6 Å². The molecule has 2 rings (SSSR count). The molecule has 0 bridgehead atoms. The maximum Gasteiger partial charge on any atom is 0.222 e. The van der Waals surface area contributed by atoms with Gasteiger partial charge in [-0.05, 0) is 24.5 Å². The standard InChI is InChI=1S/C13H17ClN2O/c14-12-4-2-1-3-10(12)5-6-13(17)16-8-7-11(15)9-16/h1-4,11H,5-9,15H2/t11-/m1/s1. The Balaban J connectivity index is 1.86. The van der Waals surface area contributed by atoms with E-state index >= 15 is 0 Å². The fourth-order valence-electron chi connectivity index (χ4n) is 2.11. The first-order chi connectivity index (χ1) is 8.16. The lowest BCUT2D eigenvalue weighted by molar-refractivity contribution is -0.130. The Hall–Kier alpha value is -1.06. The van der Waals surface area contributed by atoms with Gasteiger partial charge in [0.15, 0.2) is 0 Å². The van der Waals surface area contributed by atoms with Crippen LogP contribution < -0.4 is 5.73 Å². The molecular weight excluding hydrogens is 236 g/mol. The molecule has 2 N–H and O–H groups in total. The van der Waals surface area contributed by atoms with Gasteiger partial charge in [-0.3, -0.25) is 4.79 Å². The predicted octanol–water partition coefficient (Wildman–Crippen LogP) is 1.83. The molecule has 0 aromatic heterocycles. The number of nitrogens with zero attached hydrogens (tertiary/aromatic N) is 1. The van der Waals surface area contributed by atoms with Gasteiger partial charge in [0.2, 0.25) is 5.91 Å². The molecule has 92 valence electrons. The second kappa shape index (κ2) is 5.52. The highest BCUT2D eigenvalue weighted by Crippen LogP contribution is 2.17. The van der Waals surface area contributed by atoms with Gasteiger partial charge in [-0.1, -0.05) is 29.8 Å². The second-order valence-electron chi connectivity index (χ2n) is 4.48. The maximum atomic E-state index is 11.9. The number of rotatable bonds is 3. The molecule has 4 heteroatoms. The molecule has 1 atom stereocenters. The summed E-state index contributed by atoms with van der Waals surface area (Å²) in [5.74, 6) is 0.179. The summed E-state index contributed by atoms with van der Waals surface area (Å²) in [6.45, 7) is 1.49. The number of hydrogen-bond acceptors (Lipinski definition) is 2. The van der Waals surface area contributed by atoms with Crippen molar-refractivity contribution in [3.05, 3.63) is 34.9 Å². The number of amides is 1. The molecule has 1 aliphatic rings. The van der Waals surface area contributed by atoms with Crippen LogP contribution in [0.15, 0.2) is 24.3 Å². The normalized spacial score (nSPS) is 19.6. The Labute approximate surface area is 107 Å². The van der Waals surface area contributed by atoms with Crippen LogP contribution in [0.4, 0.5) is 0 Å². The van der Waals surface area contributed by atoms with E-state index in [0.29, 0.717) is 19.4 Å². The number of halogens is 1. The SMILES string of the molecule is N[C@@H]1CCN(C(=O)CCc2ccccc2Cl)C1. The average Bonchev–Trinajstić information content (AvgIpc) is 2.74. The summed E-state index contributed by atoms with van der Waals surface area (Å²) in [5.41, 5.74) is 6.81. The van der Waals surface area contributed by atoms with E-state index in [1.807, 2.05) is 29.2 Å². The topological polar surface area (TPSA) is 46.3 Å². The minimum Gasteiger partial charge on any atom is -0.341 e. The lowest BCUT2D eigenvalue weighted by atomic mass is 10.1. The van der Waals surface area contributed by atoms with E-state index in [1.54, 1.807) is 0 Å². The lowest BCUT2D eigenvalue weighted by Gasteiger charge is -2.15. The molecule has 1 fully saturated rings. The highest BCUT2D eigenvalue weighted by Gasteiger charge is 2.23. The maximum absolute atomic E-state index is 11.9. The average molecular weight is 253 g/mol. The first-order valence-electron chi connectivity index (χ1n) is 5.93. The van der Waals surface area contributed by atoms with Crippen molar-refractivity contribution in [2.75, 3.05) is 13.1 Å². The van der Waals surface area contributed by atoms with Crippen molar-refractivity contribution < 1.29 is 4.79 Å². The van der Waals surface area contributed by atoms with E-state index in [1.165, 1.54) is 0 Å². The molecule has 0 unspecified atom stereocenters. The minimum atomic E-state index is 0.152. The molecule has 3 nitrogen and oxygen atoms in total. The van der Waals surface area contributed by atoms with E-state index in [0.717, 1.165) is 23.6 Å². The highest BCUT2D eigenvalue weighted by molar-refractivity contribution is 6.31. The molecule has 0 aliphatic carbocycles. The first-order valence-corrected chi connectivity index (χ1v) is 6.31. The van der Waals surface area contributed by atoms with Crippen LogP contribution in [-0.2, 0) is 11.2 Å².